The lowest BCUT2D eigenvalue weighted by Crippen LogP contribution is -2.10. The molecule has 0 saturated carbocycles. The number of hydrogen-bond donors (Lipinski definition) is 0. The van der Waals surface area contributed by atoms with E-state index in [-0.39, 0.29) is 5.69 Å². The van der Waals surface area contributed by atoms with Crippen LogP contribution in [0.2, 0.25) is 0 Å². The van der Waals surface area contributed by atoms with Crippen molar-refractivity contribution in [3.8, 4) is 0 Å². The summed E-state index contributed by atoms with van der Waals surface area (Å²) in [6.07, 6.45) is 0. The van der Waals surface area contributed by atoms with Crippen LogP contribution in [-0.2, 0) is 4.74 Å². The van der Waals surface area contributed by atoms with Gasteiger partial charge < -0.3 is 4.74 Å². The number of esters is 1. The Morgan fingerprint density at radius 3 is 2.82 bits per heavy atom. The summed E-state index contributed by atoms with van der Waals surface area (Å²) < 4.78 is 5.84. The molecule has 1 aromatic heterocycles. The van der Waals surface area contributed by atoms with Crippen molar-refractivity contribution < 1.29 is 9.53 Å². The highest BCUT2D eigenvalue weighted by Crippen LogP contribution is 2.18. The lowest BCUT2D eigenvalue weighted by molar-refractivity contribution is 0.0518. The average Bonchev–Trinajstić information content (AvgIpc) is 2.29. The van der Waals surface area contributed by atoms with E-state index in [2.05, 4.69) is 25.9 Å². The van der Waals surface area contributed by atoms with Crippen molar-refractivity contribution in [3.63, 3.8) is 0 Å². The molecule has 5 heteroatoms. The highest BCUT2D eigenvalue weighted by atomic mass is 79.9. The molecule has 4 nitrogen and oxygen atoms in total. The Balaban J connectivity index is 2.57. The smallest absolute Gasteiger partial charge is 0.358 e. The fourth-order valence-electron chi connectivity index (χ4n) is 1.51. The number of benzene rings is 1. The first-order chi connectivity index (χ1) is 8.11. The van der Waals surface area contributed by atoms with E-state index in [0.29, 0.717) is 17.8 Å². The number of hydrogen-bond acceptors (Lipinski definition) is 4. The molecule has 0 unspecified atom stereocenters. The van der Waals surface area contributed by atoms with Crippen LogP contribution in [0.25, 0.3) is 11.0 Å². The summed E-state index contributed by atoms with van der Waals surface area (Å²) in [4.78, 5) is 20.3. The minimum Gasteiger partial charge on any atom is -0.461 e. The summed E-state index contributed by atoms with van der Waals surface area (Å²) in [5, 5.41) is 0. The monoisotopic (exact) mass is 294 g/mol. The van der Waals surface area contributed by atoms with E-state index in [0.717, 1.165) is 9.99 Å². The van der Waals surface area contributed by atoms with Gasteiger partial charge in [0.1, 0.15) is 0 Å². The van der Waals surface area contributed by atoms with Gasteiger partial charge in [-0.05, 0) is 32.0 Å². The molecule has 0 radical (unpaired) electrons. The molecule has 0 aliphatic rings. The van der Waals surface area contributed by atoms with Gasteiger partial charge in [-0.1, -0.05) is 15.9 Å². The quantitative estimate of drug-likeness (QED) is 0.799. The first-order valence-electron chi connectivity index (χ1n) is 5.23. The van der Waals surface area contributed by atoms with Crippen molar-refractivity contribution in [1.29, 1.82) is 0 Å². The van der Waals surface area contributed by atoms with E-state index in [9.17, 15) is 4.79 Å². The largest absolute Gasteiger partial charge is 0.461 e. The summed E-state index contributed by atoms with van der Waals surface area (Å²) in [6.45, 7) is 3.84. The average molecular weight is 295 g/mol. The van der Waals surface area contributed by atoms with E-state index in [1.165, 1.54) is 0 Å². The number of rotatable bonds is 2. The van der Waals surface area contributed by atoms with Crippen molar-refractivity contribution in [1.82, 2.24) is 9.97 Å². The molecule has 1 aromatic carbocycles. The lowest BCUT2D eigenvalue weighted by Gasteiger charge is -2.05. The molecule has 0 fully saturated rings. The molecule has 1 heterocycles. The van der Waals surface area contributed by atoms with Crippen molar-refractivity contribution in [2.75, 3.05) is 6.61 Å². The summed E-state index contributed by atoms with van der Waals surface area (Å²) in [7, 11) is 0. The molecule has 88 valence electrons. The highest BCUT2D eigenvalue weighted by molar-refractivity contribution is 9.10. The number of carbonyl (C=O) groups is 1. The summed E-state index contributed by atoms with van der Waals surface area (Å²) in [5.74, 6) is -0.431. The molecule has 17 heavy (non-hydrogen) atoms. The van der Waals surface area contributed by atoms with Crippen LogP contribution in [-0.4, -0.2) is 22.5 Å². The Morgan fingerprint density at radius 2 is 2.12 bits per heavy atom. The fraction of sp³-hybridized carbons (Fsp3) is 0.250. The normalized spacial score (nSPS) is 10.5. The third kappa shape index (κ3) is 2.44. The van der Waals surface area contributed by atoms with Crippen molar-refractivity contribution >= 4 is 32.9 Å². The standard InChI is InChI=1S/C12H11BrN2O2/c1-3-17-12(16)11-7(2)14-9-5-4-8(13)6-10(9)15-11/h4-6H,3H2,1-2H3. The van der Waals surface area contributed by atoms with Gasteiger partial charge in [-0.15, -0.1) is 0 Å². The van der Waals surface area contributed by atoms with Crippen molar-refractivity contribution in [2.24, 2.45) is 0 Å². The second kappa shape index (κ2) is 4.79. The van der Waals surface area contributed by atoms with Gasteiger partial charge >= 0.3 is 5.97 Å². The Kier molecular flexibility index (Phi) is 3.38. The van der Waals surface area contributed by atoms with Gasteiger partial charge in [0, 0.05) is 4.47 Å². The number of halogens is 1. The van der Waals surface area contributed by atoms with E-state index in [4.69, 9.17) is 4.74 Å². The number of ether oxygens (including phenoxy) is 1. The van der Waals surface area contributed by atoms with Crippen molar-refractivity contribution in [2.45, 2.75) is 13.8 Å². The van der Waals surface area contributed by atoms with Gasteiger partial charge in [-0.25, -0.2) is 14.8 Å². The molecular weight excluding hydrogens is 284 g/mol. The molecule has 0 atom stereocenters. The molecule has 2 rings (SSSR count). The highest BCUT2D eigenvalue weighted by Gasteiger charge is 2.14. The number of carbonyl (C=O) groups excluding carboxylic acids is 1. The molecule has 0 N–H and O–H groups in total. The van der Waals surface area contributed by atoms with Crippen LogP contribution in [0.4, 0.5) is 0 Å². The lowest BCUT2D eigenvalue weighted by atomic mass is 10.2. The molecule has 0 saturated heterocycles. The van der Waals surface area contributed by atoms with E-state index in [1.54, 1.807) is 13.8 Å². The van der Waals surface area contributed by atoms with Crippen LogP contribution in [0.3, 0.4) is 0 Å². The number of aryl methyl sites for hydroxylation is 1. The number of nitrogens with zero attached hydrogens (tertiary/aromatic N) is 2. The zero-order chi connectivity index (χ0) is 12.4. The molecule has 2 aromatic rings. The molecule has 0 bridgehead atoms. The van der Waals surface area contributed by atoms with E-state index < -0.39 is 5.97 Å². The molecule has 0 amide bonds. The Labute approximate surface area is 107 Å². The second-order valence-electron chi connectivity index (χ2n) is 3.51. The van der Waals surface area contributed by atoms with Crippen LogP contribution >= 0.6 is 15.9 Å². The van der Waals surface area contributed by atoms with E-state index >= 15 is 0 Å². The topological polar surface area (TPSA) is 52.1 Å². The van der Waals surface area contributed by atoms with Crippen LogP contribution < -0.4 is 0 Å². The van der Waals surface area contributed by atoms with Crippen LogP contribution in [0, 0.1) is 6.92 Å². The van der Waals surface area contributed by atoms with E-state index in [1.807, 2.05) is 18.2 Å². The molecular formula is C12H11BrN2O2. The second-order valence-corrected chi connectivity index (χ2v) is 4.43. The minimum absolute atomic E-state index is 0.275. The van der Waals surface area contributed by atoms with Crippen LogP contribution in [0.1, 0.15) is 23.1 Å². The van der Waals surface area contributed by atoms with Gasteiger partial charge in [-0.2, -0.15) is 0 Å². The first-order valence-corrected chi connectivity index (χ1v) is 6.02. The Hall–Kier alpha value is -1.49. The SMILES string of the molecule is CCOC(=O)c1nc2cc(Br)ccc2nc1C. The predicted molar refractivity (Wildman–Crippen MR) is 67.9 cm³/mol. The zero-order valence-electron chi connectivity index (χ0n) is 9.53. The maximum atomic E-state index is 11.7. The van der Waals surface area contributed by atoms with Crippen LogP contribution in [0.5, 0.6) is 0 Å². The summed E-state index contributed by atoms with van der Waals surface area (Å²) in [6, 6.07) is 5.57. The zero-order valence-corrected chi connectivity index (χ0v) is 11.1. The molecule has 0 aliphatic heterocycles. The maximum Gasteiger partial charge on any atom is 0.358 e. The first kappa shape index (κ1) is 12.0. The van der Waals surface area contributed by atoms with Gasteiger partial charge in [-0.3, -0.25) is 0 Å². The Morgan fingerprint density at radius 1 is 1.35 bits per heavy atom. The van der Waals surface area contributed by atoms with Crippen molar-refractivity contribution in [3.05, 3.63) is 34.1 Å². The third-order valence-corrected chi connectivity index (χ3v) is 2.76. The fourth-order valence-corrected chi connectivity index (χ4v) is 1.86. The predicted octanol–water partition coefficient (Wildman–Crippen LogP) is 2.88. The number of fused-ring (bicyclic) bond motifs is 1. The summed E-state index contributed by atoms with van der Waals surface area (Å²) >= 11 is 3.36. The van der Waals surface area contributed by atoms with Crippen LogP contribution in [0.15, 0.2) is 22.7 Å². The molecule has 0 spiro atoms. The van der Waals surface area contributed by atoms with Gasteiger partial charge in [0.15, 0.2) is 5.69 Å². The third-order valence-electron chi connectivity index (χ3n) is 2.27. The number of aromatic nitrogens is 2. The van der Waals surface area contributed by atoms with Gasteiger partial charge in [0.25, 0.3) is 0 Å². The Bertz CT molecular complexity index is 584. The van der Waals surface area contributed by atoms with Gasteiger partial charge in [0.2, 0.25) is 0 Å². The summed E-state index contributed by atoms with van der Waals surface area (Å²) in [5.41, 5.74) is 2.29. The maximum absolute atomic E-state index is 11.7. The van der Waals surface area contributed by atoms with Gasteiger partial charge in [0.05, 0.1) is 23.3 Å². The molecule has 0 aliphatic carbocycles. The minimum atomic E-state index is -0.431.